The lowest BCUT2D eigenvalue weighted by molar-refractivity contribution is -0.0496. The number of nitrogens with zero attached hydrogens (tertiary/aromatic N) is 6. The van der Waals surface area contributed by atoms with Crippen LogP contribution in [0.4, 0.5) is 13.2 Å². The third kappa shape index (κ3) is 4.73. The second-order valence-corrected chi connectivity index (χ2v) is 10.5. The Hall–Kier alpha value is -3.30. The molecule has 15 heteroatoms. The van der Waals surface area contributed by atoms with E-state index in [4.69, 9.17) is 4.74 Å². The summed E-state index contributed by atoms with van der Waals surface area (Å²) in [7, 11) is -5.44. The second kappa shape index (κ2) is 9.54. The van der Waals surface area contributed by atoms with Gasteiger partial charge in [0.15, 0.2) is 5.82 Å². The highest BCUT2D eigenvalue weighted by atomic mass is 32.2. The SMILES string of the molecule is CCc1nc2n(c1C(=O)NCc1ccc(-c3nc4n(n3)CCN(S(=O)(=O)C(F)(F)F)C4)cc1)CCOC2. The first-order valence-corrected chi connectivity index (χ1v) is 13.1. The highest BCUT2D eigenvalue weighted by Gasteiger charge is 2.50. The summed E-state index contributed by atoms with van der Waals surface area (Å²) < 4.78 is 71.2. The summed E-state index contributed by atoms with van der Waals surface area (Å²) in [5.41, 5.74) is -2.66. The second-order valence-electron chi connectivity index (χ2n) is 8.62. The summed E-state index contributed by atoms with van der Waals surface area (Å²) in [4.78, 5) is 21.7. The Balaban J connectivity index is 1.26. The molecule has 0 bridgehead atoms. The number of imidazole rings is 1. The molecule has 198 valence electrons. The van der Waals surface area contributed by atoms with Crippen LogP contribution in [-0.2, 0) is 54.0 Å². The average molecular weight is 540 g/mol. The van der Waals surface area contributed by atoms with Crippen LogP contribution in [0.3, 0.4) is 0 Å². The van der Waals surface area contributed by atoms with Crippen LogP contribution < -0.4 is 5.32 Å². The topological polar surface area (TPSA) is 124 Å². The minimum atomic E-state index is -5.44. The van der Waals surface area contributed by atoms with Gasteiger partial charge in [0.05, 0.1) is 25.4 Å². The molecule has 4 heterocycles. The molecule has 0 fully saturated rings. The van der Waals surface area contributed by atoms with E-state index in [-0.39, 0.29) is 37.2 Å². The van der Waals surface area contributed by atoms with Gasteiger partial charge in [0, 0.05) is 25.2 Å². The van der Waals surface area contributed by atoms with Crippen LogP contribution in [-0.4, -0.2) is 61.6 Å². The number of nitrogens with one attached hydrogen (secondary N) is 1. The number of rotatable bonds is 6. The van der Waals surface area contributed by atoms with Crippen LogP contribution in [0.2, 0.25) is 0 Å². The summed E-state index contributed by atoms with van der Waals surface area (Å²) in [5.74, 6) is 0.930. The molecule has 1 aromatic carbocycles. The molecular weight excluding hydrogens is 515 g/mol. The average Bonchev–Trinajstić information content (AvgIpc) is 3.48. The zero-order valence-electron chi connectivity index (χ0n) is 19.8. The van der Waals surface area contributed by atoms with E-state index in [0.29, 0.717) is 41.7 Å². The number of ether oxygens (including phenoxy) is 1. The van der Waals surface area contributed by atoms with Crippen molar-refractivity contribution in [2.24, 2.45) is 0 Å². The van der Waals surface area contributed by atoms with Gasteiger partial charge >= 0.3 is 15.5 Å². The molecule has 3 aromatic rings. The Morgan fingerprint density at radius 2 is 1.86 bits per heavy atom. The third-order valence-electron chi connectivity index (χ3n) is 6.28. The number of hydrogen-bond donors (Lipinski definition) is 1. The van der Waals surface area contributed by atoms with Gasteiger partial charge < -0.3 is 14.6 Å². The lowest BCUT2D eigenvalue weighted by Gasteiger charge is -2.26. The number of amides is 1. The number of aryl methyl sites for hydroxylation is 1. The van der Waals surface area contributed by atoms with E-state index in [1.807, 2.05) is 11.5 Å². The maximum atomic E-state index is 12.9. The molecule has 0 atom stereocenters. The molecule has 2 aliphatic rings. The number of halogens is 3. The third-order valence-corrected chi connectivity index (χ3v) is 7.86. The van der Waals surface area contributed by atoms with Gasteiger partial charge in [0.25, 0.3) is 5.91 Å². The maximum absolute atomic E-state index is 12.9. The molecule has 5 rings (SSSR count). The lowest BCUT2D eigenvalue weighted by atomic mass is 10.1. The lowest BCUT2D eigenvalue weighted by Crippen LogP contribution is -2.44. The van der Waals surface area contributed by atoms with Crippen LogP contribution in [0.1, 0.15) is 40.3 Å². The first-order chi connectivity index (χ1) is 17.6. The van der Waals surface area contributed by atoms with Gasteiger partial charge in [-0.2, -0.15) is 22.6 Å². The van der Waals surface area contributed by atoms with E-state index < -0.39 is 22.1 Å². The molecule has 0 aliphatic carbocycles. The van der Waals surface area contributed by atoms with Gasteiger partial charge in [-0.05, 0) is 12.0 Å². The molecule has 37 heavy (non-hydrogen) atoms. The zero-order chi connectivity index (χ0) is 26.4. The molecule has 11 nitrogen and oxygen atoms in total. The van der Waals surface area contributed by atoms with E-state index in [9.17, 15) is 26.4 Å². The fourth-order valence-corrected chi connectivity index (χ4v) is 5.25. The molecule has 1 N–H and O–H groups in total. The number of alkyl halides is 3. The Morgan fingerprint density at radius 3 is 2.57 bits per heavy atom. The fourth-order valence-electron chi connectivity index (χ4n) is 4.35. The monoisotopic (exact) mass is 539 g/mol. The van der Waals surface area contributed by atoms with Crippen LogP contribution in [0.15, 0.2) is 24.3 Å². The van der Waals surface area contributed by atoms with Gasteiger partial charge in [-0.15, -0.1) is 0 Å². The highest BCUT2D eigenvalue weighted by molar-refractivity contribution is 7.89. The number of benzene rings is 1. The molecule has 2 aliphatic heterocycles. The number of carbonyl (C=O) groups is 1. The molecule has 0 saturated heterocycles. The van der Waals surface area contributed by atoms with E-state index in [1.54, 1.807) is 24.3 Å². The summed E-state index contributed by atoms with van der Waals surface area (Å²) in [6.07, 6.45) is 0.624. The summed E-state index contributed by atoms with van der Waals surface area (Å²) >= 11 is 0. The molecule has 2 aromatic heterocycles. The van der Waals surface area contributed by atoms with Crippen molar-refractivity contribution in [3.8, 4) is 11.4 Å². The molecular formula is C22H24F3N7O4S. The Labute approximate surface area is 210 Å². The van der Waals surface area contributed by atoms with Crippen molar-refractivity contribution in [3.05, 3.63) is 52.9 Å². The van der Waals surface area contributed by atoms with Crippen molar-refractivity contribution < 1.29 is 31.1 Å². The Morgan fingerprint density at radius 1 is 1.11 bits per heavy atom. The van der Waals surface area contributed by atoms with Crippen LogP contribution in [0.5, 0.6) is 0 Å². The van der Waals surface area contributed by atoms with Crippen molar-refractivity contribution in [2.45, 2.75) is 51.6 Å². The number of carbonyl (C=O) groups excluding carboxylic acids is 1. The van der Waals surface area contributed by atoms with Crippen LogP contribution in [0, 0.1) is 0 Å². The molecule has 0 saturated carbocycles. The van der Waals surface area contributed by atoms with Gasteiger partial charge in [-0.25, -0.2) is 23.1 Å². The minimum Gasteiger partial charge on any atom is -0.372 e. The zero-order valence-corrected chi connectivity index (χ0v) is 20.6. The Bertz CT molecular complexity index is 1430. The van der Waals surface area contributed by atoms with E-state index in [1.165, 1.54) is 4.68 Å². The quantitative estimate of drug-likeness (QED) is 0.507. The summed E-state index contributed by atoms with van der Waals surface area (Å²) in [5, 5.41) is 7.24. The predicted octanol–water partition coefficient (Wildman–Crippen LogP) is 1.83. The van der Waals surface area contributed by atoms with Gasteiger partial charge in [-0.3, -0.25) is 4.79 Å². The highest BCUT2D eigenvalue weighted by Crippen LogP contribution is 2.29. The number of hydrogen-bond acceptors (Lipinski definition) is 7. The molecule has 1 amide bonds. The van der Waals surface area contributed by atoms with Gasteiger partial charge in [0.1, 0.15) is 23.9 Å². The van der Waals surface area contributed by atoms with Crippen molar-refractivity contribution in [1.29, 1.82) is 0 Å². The van der Waals surface area contributed by atoms with Crippen molar-refractivity contribution >= 4 is 15.9 Å². The standard InChI is InChI=1S/C22H24F3N7O4S/c1-2-16-19(31-9-10-36-13-18(31)27-16)21(33)26-11-14-3-5-15(6-4-14)20-28-17-12-30(7-8-32(17)29-20)37(34,35)22(23,24)25/h3-6H,2,7-13H2,1H3,(H,26,33). The number of aromatic nitrogens is 5. The van der Waals surface area contributed by atoms with Crippen molar-refractivity contribution in [2.75, 3.05) is 13.2 Å². The maximum Gasteiger partial charge on any atom is 0.511 e. The van der Waals surface area contributed by atoms with E-state index in [2.05, 4.69) is 20.4 Å². The van der Waals surface area contributed by atoms with Crippen molar-refractivity contribution in [3.63, 3.8) is 0 Å². The van der Waals surface area contributed by atoms with Crippen LogP contribution in [0.25, 0.3) is 11.4 Å². The van der Waals surface area contributed by atoms with E-state index in [0.717, 1.165) is 17.1 Å². The summed E-state index contributed by atoms with van der Waals surface area (Å²) in [6, 6.07) is 7.05. The van der Waals surface area contributed by atoms with E-state index >= 15 is 0 Å². The predicted molar refractivity (Wildman–Crippen MR) is 123 cm³/mol. The summed E-state index contributed by atoms with van der Waals surface area (Å²) in [6.45, 7) is 2.80. The van der Waals surface area contributed by atoms with Crippen molar-refractivity contribution in [1.82, 2.24) is 33.9 Å². The Kier molecular flexibility index (Phi) is 6.53. The fraction of sp³-hybridized carbons (Fsp3) is 0.455. The molecule has 0 radical (unpaired) electrons. The molecule has 0 spiro atoms. The first kappa shape index (κ1) is 25.4. The van der Waals surface area contributed by atoms with Gasteiger partial charge in [0.2, 0.25) is 0 Å². The number of fused-ring (bicyclic) bond motifs is 2. The number of sulfonamides is 1. The first-order valence-electron chi connectivity index (χ1n) is 11.6. The smallest absolute Gasteiger partial charge is 0.372 e. The van der Waals surface area contributed by atoms with Crippen LogP contribution >= 0.6 is 0 Å². The largest absolute Gasteiger partial charge is 0.511 e. The minimum absolute atomic E-state index is 0.0358. The molecule has 0 unspecified atom stereocenters. The van der Waals surface area contributed by atoms with Gasteiger partial charge in [-0.1, -0.05) is 31.2 Å². The normalized spacial score (nSPS) is 16.3.